The number of aromatic nitrogens is 2. The monoisotopic (exact) mass is 389 g/mol. The number of nitrogens with one attached hydrogen (secondary N) is 1. The number of fused-ring (bicyclic) bond motifs is 1. The normalized spacial score (nSPS) is 21.2. The van der Waals surface area contributed by atoms with Crippen LogP contribution >= 0.6 is 11.3 Å². The minimum Gasteiger partial charge on any atom is -0.382 e. The molecule has 1 unspecified atom stereocenters. The molecule has 146 valence electrons. The first kappa shape index (κ1) is 18.6. The first-order valence-electron chi connectivity index (χ1n) is 9.74. The zero-order chi connectivity index (χ0) is 19.0. The molecule has 0 bridgehead atoms. The van der Waals surface area contributed by atoms with Gasteiger partial charge in [-0.15, -0.1) is 11.3 Å². The molecule has 7 heteroatoms. The van der Waals surface area contributed by atoms with Crippen LogP contribution in [0.15, 0.2) is 4.52 Å². The molecule has 2 aliphatic rings. The van der Waals surface area contributed by atoms with Crippen molar-refractivity contribution in [2.24, 2.45) is 5.92 Å². The van der Waals surface area contributed by atoms with E-state index >= 15 is 0 Å². The molecule has 1 N–H and O–H groups in total. The summed E-state index contributed by atoms with van der Waals surface area (Å²) < 4.78 is 10.7. The van der Waals surface area contributed by atoms with E-state index in [9.17, 15) is 4.79 Å². The summed E-state index contributed by atoms with van der Waals surface area (Å²) >= 11 is 1.71. The van der Waals surface area contributed by atoms with Gasteiger partial charge in [0.2, 0.25) is 5.91 Å². The number of rotatable bonds is 5. The first-order chi connectivity index (χ1) is 13.0. The molecule has 0 aliphatic heterocycles. The van der Waals surface area contributed by atoms with Gasteiger partial charge in [0.25, 0.3) is 0 Å². The van der Waals surface area contributed by atoms with Crippen LogP contribution in [0.25, 0.3) is 10.6 Å². The Hall–Kier alpha value is -1.73. The molecule has 2 heterocycles. The molecule has 2 aromatic heterocycles. The van der Waals surface area contributed by atoms with Gasteiger partial charge in [0.15, 0.2) is 0 Å². The highest BCUT2D eigenvalue weighted by molar-refractivity contribution is 7.15. The average Bonchev–Trinajstić information content (AvgIpc) is 3.33. The summed E-state index contributed by atoms with van der Waals surface area (Å²) in [6, 6.07) is 0. The number of amides is 1. The van der Waals surface area contributed by atoms with E-state index in [1.54, 1.807) is 18.4 Å². The van der Waals surface area contributed by atoms with E-state index in [-0.39, 0.29) is 17.4 Å². The Morgan fingerprint density at radius 2 is 2.15 bits per heavy atom. The van der Waals surface area contributed by atoms with Crippen molar-refractivity contribution in [2.75, 3.05) is 13.7 Å². The van der Waals surface area contributed by atoms with Gasteiger partial charge in [-0.1, -0.05) is 18.0 Å². The second kappa shape index (κ2) is 7.36. The fraction of sp³-hybridized carbons (Fsp3) is 0.650. The number of hydrogen-bond donors (Lipinski definition) is 1. The van der Waals surface area contributed by atoms with Crippen molar-refractivity contribution in [1.82, 2.24) is 15.5 Å². The maximum Gasteiger partial charge on any atom is 0.224 e. The highest BCUT2D eigenvalue weighted by Gasteiger charge is 2.38. The van der Waals surface area contributed by atoms with Crippen molar-refractivity contribution >= 4 is 17.2 Å². The predicted molar refractivity (Wildman–Crippen MR) is 104 cm³/mol. The highest BCUT2D eigenvalue weighted by Crippen LogP contribution is 2.37. The van der Waals surface area contributed by atoms with E-state index in [1.165, 1.54) is 4.88 Å². The zero-order valence-corrected chi connectivity index (χ0v) is 17.1. The van der Waals surface area contributed by atoms with E-state index in [2.05, 4.69) is 10.5 Å². The number of ether oxygens (including phenoxy) is 1. The summed E-state index contributed by atoms with van der Waals surface area (Å²) in [4.78, 5) is 19.1. The lowest BCUT2D eigenvalue weighted by molar-refractivity contribution is -0.128. The number of carbonyl (C=O) groups is 1. The molecule has 27 heavy (non-hydrogen) atoms. The number of thiazole rings is 1. The van der Waals surface area contributed by atoms with Gasteiger partial charge in [-0.3, -0.25) is 4.79 Å². The van der Waals surface area contributed by atoms with Crippen LogP contribution < -0.4 is 5.32 Å². The number of carbonyl (C=O) groups excluding carboxylic acids is 1. The molecular weight excluding hydrogens is 362 g/mol. The summed E-state index contributed by atoms with van der Waals surface area (Å²) in [5.74, 6) is 0.952. The third-order valence-corrected chi connectivity index (χ3v) is 7.10. The summed E-state index contributed by atoms with van der Waals surface area (Å²) in [5.41, 5.74) is 2.76. The maximum absolute atomic E-state index is 13.0. The van der Waals surface area contributed by atoms with Crippen LogP contribution in [0, 0.1) is 19.8 Å². The molecule has 1 saturated carbocycles. The molecule has 2 aliphatic carbocycles. The van der Waals surface area contributed by atoms with Crippen molar-refractivity contribution in [3.63, 3.8) is 0 Å². The van der Waals surface area contributed by atoms with E-state index in [1.807, 2.05) is 13.8 Å². The molecule has 2 aromatic rings. The largest absolute Gasteiger partial charge is 0.382 e. The molecule has 0 saturated heterocycles. The predicted octanol–water partition coefficient (Wildman–Crippen LogP) is 3.60. The van der Waals surface area contributed by atoms with E-state index in [4.69, 9.17) is 14.2 Å². The topological polar surface area (TPSA) is 77.2 Å². The lowest BCUT2D eigenvalue weighted by Gasteiger charge is -2.32. The second-order valence-corrected chi connectivity index (χ2v) is 9.02. The minimum atomic E-state index is -0.171. The number of hydrogen-bond acceptors (Lipinski definition) is 6. The van der Waals surface area contributed by atoms with Crippen LogP contribution in [0.1, 0.15) is 54.1 Å². The van der Waals surface area contributed by atoms with Crippen molar-refractivity contribution < 1.29 is 14.1 Å². The van der Waals surface area contributed by atoms with E-state index < -0.39 is 0 Å². The van der Waals surface area contributed by atoms with E-state index in [0.29, 0.717) is 13.0 Å². The Kier molecular flexibility index (Phi) is 5.07. The van der Waals surface area contributed by atoms with Gasteiger partial charge < -0.3 is 14.6 Å². The molecule has 1 fully saturated rings. The number of methoxy groups -OCH3 is 1. The van der Waals surface area contributed by atoms with Gasteiger partial charge in [0.05, 0.1) is 29.1 Å². The first-order valence-corrected chi connectivity index (χ1v) is 10.6. The number of aryl methyl sites for hydroxylation is 3. The third kappa shape index (κ3) is 3.55. The standard InChI is InChI=1S/C20H27N3O3S/c1-12-17(13(2)26-23-12)19-21-15-10-14(6-7-16(15)27-19)18(24)22-20(11-25-3)8-4-5-9-20/h14H,4-11H2,1-3H3,(H,22,24). The Morgan fingerprint density at radius 1 is 1.37 bits per heavy atom. The quantitative estimate of drug-likeness (QED) is 0.845. The maximum atomic E-state index is 13.0. The van der Waals surface area contributed by atoms with Crippen LogP contribution in [0.4, 0.5) is 0 Å². The fourth-order valence-corrected chi connectivity index (χ4v) is 5.74. The second-order valence-electron chi connectivity index (χ2n) is 7.94. The minimum absolute atomic E-state index is 0.00792. The lowest BCUT2D eigenvalue weighted by Crippen LogP contribution is -2.52. The Morgan fingerprint density at radius 3 is 2.81 bits per heavy atom. The van der Waals surface area contributed by atoms with Crippen LogP contribution in [0.3, 0.4) is 0 Å². The summed E-state index contributed by atoms with van der Waals surface area (Å²) in [6.45, 7) is 4.46. The van der Waals surface area contributed by atoms with Crippen molar-refractivity contribution in [2.45, 2.75) is 64.3 Å². The Balaban J connectivity index is 1.49. The molecule has 6 nitrogen and oxygen atoms in total. The molecule has 1 atom stereocenters. The smallest absolute Gasteiger partial charge is 0.224 e. The zero-order valence-electron chi connectivity index (χ0n) is 16.3. The summed E-state index contributed by atoms with van der Waals surface area (Å²) in [7, 11) is 1.71. The van der Waals surface area contributed by atoms with Crippen LogP contribution in [-0.2, 0) is 22.4 Å². The SMILES string of the molecule is COCC1(NC(=O)C2CCc3sc(-c4c(C)noc4C)nc3C2)CCCC1. The van der Waals surface area contributed by atoms with Crippen molar-refractivity contribution in [3.05, 3.63) is 22.0 Å². The van der Waals surface area contributed by atoms with Crippen LogP contribution in [0.2, 0.25) is 0 Å². The van der Waals surface area contributed by atoms with Gasteiger partial charge >= 0.3 is 0 Å². The molecule has 0 aromatic carbocycles. The Labute approximate surface area is 163 Å². The van der Waals surface area contributed by atoms with Crippen molar-refractivity contribution in [1.29, 1.82) is 0 Å². The highest BCUT2D eigenvalue weighted by atomic mass is 32.1. The van der Waals surface area contributed by atoms with Crippen molar-refractivity contribution in [3.8, 4) is 10.6 Å². The van der Waals surface area contributed by atoms with Crippen LogP contribution in [-0.4, -0.2) is 35.3 Å². The molecule has 4 rings (SSSR count). The van der Waals surface area contributed by atoms with E-state index in [0.717, 1.165) is 66.2 Å². The summed E-state index contributed by atoms with van der Waals surface area (Å²) in [6.07, 6.45) is 6.84. The number of nitrogens with zero attached hydrogens (tertiary/aromatic N) is 2. The fourth-order valence-electron chi connectivity index (χ4n) is 4.49. The van der Waals surface area contributed by atoms with Gasteiger partial charge in [-0.05, 0) is 39.5 Å². The van der Waals surface area contributed by atoms with Gasteiger partial charge in [0, 0.05) is 24.3 Å². The van der Waals surface area contributed by atoms with Gasteiger partial charge in [-0.25, -0.2) is 4.98 Å². The van der Waals surface area contributed by atoms with Gasteiger partial charge in [0.1, 0.15) is 10.8 Å². The van der Waals surface area contributed by atoms with Gasteiger partial charge in [-0.2, -0.15) is 0 Å². The molecule has 1 amide bonds. The molecule has 0 radical (unpaired) electrons. The molecule has 0 spiro atoms. The molecular formula is C20H27N3O3S. The summed E-state index contributed by atoms with van der Waals surface area (Å²) in [5, 5.41) is 8.34. The lowest BCUT2D eigenvalue weighted by atomic mass is 9.88. The average molecular weight is 390 g/mol. The Bertz CT molecular complexity index is 816. The third-order valence-electron chi connectivity index (χ3n) is 5.93. The van der Waals surface area contributed by atoms with Crippen LogP contribution in [0.5, 0.6) is 0 Å².